The van der Waals surface area contributed by atoms with Gasteiger partial charge >= 0.3 is 7.60 Å². The highest BCUT2D eigenvalue weighted by atomic mass is 31.2. The third-order valence-corrected chi connectivity index (χ3v) is 6.65. The monoisotopic (exact) mass is 446 g/mol. The SMILES string of the molecule is COc1ccc(NC(c2cccnc2)P(=O)(Oc2ccccc2)Oc2ccccc2)cc1. The van der Waals surface area contributed by atoms with Crippen LogP contribution in [0.4, 0.5) is 5.69 Å². The van der Waals surface area contributed by atoms with Crippen LogP contribution < -0.4 is 19.1 Å². The van der Waals surface area contributed by atoms with E-state index < -0.39 is 13.4 Å². The molecule has 1 atom stereocenters. The summed E-state index contributed by atoms with van der Waals surface area (Å²) in [6.07, 6.45) is 3.31. The smallest absolute Gasteiger partial charge is 0.457 e. The second-order valence-electron chi connectivity index (χ2n) is 6.91. The largest absolute Gasteiger partial charge is 0.497 e. The fourth-order valence-electron chi connectivity index (χ4n) is 3.11. The van der Waals surface area contributed by atoms with Gasteiger partial charge in [0.05, 0.1) is 7.11 Å². The van der Waals surface area contributed by atoms with E-state index in [2.05, 4.69) is 10.3 Å². The van der Waals surface area contributed by atoms with Crippen LogP contribution in [-0.2, 0) is 4.57 Å². The average Bonchev–Trinajstić information content (AvgIpc) is 2.84. The van der Waals surface area contributed by atoms with Gasteiger partial charge in [-0.05, 0) is 54.6 Å². The van der Waals surface area contributed by atoms with E-state index in [9.17, 15) is 4.57 Å². The molecule has 1 aromatic heterocycles. The highest BCUT2D eigenvalue weighted by Gasteiger charge is 2.41. The average molecular weight is 446 g/mol. The van der Waals surface area contributed by atoms with E-state index in [0.717, 1.165) is 11.4 Å². The van der Waals surface area contributed by atoms with Gasteiger partial charge in [-0.1, -0.05) is 42.5 Å². The molecule has 6 nitrogen and oxygen atoms in total. The Morgan fingerprint density at radius 3 is 1.84 bits per heavy atom. The minimum atomic E-state index is -3.86. The zero-order valence-electron chi connectivity index (χ0n) is 17.5. The molecule has 1 unspecified atom stereocenters. The molecule has 0 spiro atoms. The highest BCUT2D eigenvalue weighted by Crippen LogP contribution is 2.60. The van der Waals surface area contributed by atoms with Gasteiger partial charge in [0.25, 0.3) is 0 Å². The number of nitrogens with zero attached hydrogens (tertiary/aromatic N) is 1. The van der Waals surface area contributed by atoms with Gasteiger partial charge in [0.1, 0.15) is 17.2 Å². The lowest BCUT2D eigenvalue weighted by Crippen LogP contribution is -2.18. The van der Waals surface area contributed by atoms with Crippen LogP contribution in [-0.4, -0.2) is 12.1 Å². The van der Waals surface area contributed by atoms with Crippen LogP contribution in [0.1, 0.15) is 11.3 Å². The molecule has 0 aliphatic rings. The predicted molar refractivity (Wildman–Crippen MR) is 125 cm³/mol. The summed E-state index contributed by atoms with van der Waals surface area (Å²) in [7, 11) is -2.25. The van der Waals surface area contributed by atoms with Crippen LogP contribution in [0.5, 0.6) is 17.2 Å². The minimum Gasteiger partial charge on any atom is -0.497 e. The number of para-hydroxylation sites is 2. The van der Waals surface area contributed by atoms with Crippen molar-refractivity contribution in [1.82, 2.24) is 4.98 Å². The topological polar surface area (TPSA) is 69.7 Å². The molecule has 0 amide bonds. The molecule has 3 aromatic carbocycles. The van der Waals surface area contributed by atoms with Gasteiger partial charge in [0.15, 0.2) is 5.78 Å². The number of rotatable bonds is 9. The number of aromatic nitrogens is 1. The second-order valence-corrected chi connectivity index (χ2v) is 8.87. The normalized spacial score (nSPS) is 11.9. The molecule has 0 bridgehead atoms. The van der Waals surface area contributed by atoms with Crippen LogP contribution >= 0.6 is 7.60 Å². The molecule has 0 saturated heterocycles. The molecule has 0 radical (unpaired) electrons. The van der Waals surface area contributed by atoms with Crippen molar-refractivity contribution in [2.45, 2.75) is 5.78 Å². The Hall–Kier alpha value is -3.76. The molecule has 162 valence electrons. The van der Waals surface area contributed by atoms with Crippen molar-refractivity contribution >= 4 is 13.3 Å². The lowest BCUT2D eigenvalue weighted by molar-refractivity contribution is 0.376. The van der Waals surface area contributed by atoms with Crippen molar-refractivity contribution < 1.29 is 18.3 Å². The number of anilines is 1. The van der Waals surface area contributed by atoms with E-state index in [4.69, 9.17) is 13.8 Å². The predicted octanol–water partition coefficient (Wildman–Crippen LogP) is 6.55. The van der Waals surface area contributed by atoms with Crippen LogP contribution in [0.25, 0.3) is 0 Å². The van der Waals surface area contributed by atoms with Crippen molar-refractivity contribution in [3.05, 3.63) is 115 Å². The van der Waals surface area contributed by atoms with Gasteiger partial charge in [-0.15, -0.1) is 0 Å². The first-order valence-corrected chi connectivity index (χ1v) is 11.7. The van der Waals surface area contributed by atoms with Crippen LogP contribution in [0, 0.1) is 0 Å². The van der Waals surface area contributed by atoms with Crippen LogP contribution in [0.3, 0.4) is 0 Å². The number of ether oxygens (including phenoxy) is 1. The van der Waals surface area contributed by atoms with Crippen molar-refractivity contribution in [2.24, 2.45) is 0 Å². The maximum Gasteiger partial charge on any atom is 0.457 e. The van der Waals surface area contributed by atoms with E-state index in [-0.39, 0.29) is 0 Å². The third kappa shape index (κ3) is 5.29. The van der Waals surface area contributed by atoms with Gasteiger partial charge < -0.3 is 19.1 Å². The van der Waals surface area contributed by atoms with Crippen LogP contribution in [0.2, 0.25) is 0 Å². The summed E-state index contributed by atoms with van der Waals surface area (Å²) in [5.74, 6) is 0.775. The Balaban J connectivity index is 1.76. The number of methoxy groups -OCH3 is 1. The number of hydrogen-bond acceptors (Lipinski definition) is 6. The molecule has 0 fully saturated rings. The Bertz CT molecular complexity index is 1110. The van der Waals surface area contributed by atoms with Gasteiger partial charge in [0, 0.05) is 23.6 Å². The summed E-state index contributed by atoms with van der Waals surface area (Å²) in [5.41, 5.74) is 1.40. The molecule has 1 heterocycles. The Morgan fingerprint density at radius 2 is 1.34 bits per heavy atom. The van der Waals surface area contributed by atoms with Gasteiger partial charge in [0.2, 0.25) is 0 Å². The molecule has 0 saturated carbocycles. The van der Waals surface area contributed by atoms with E-state index in [1.165, 1.54) is 0 Å². The van der Waals surface area contributed by atoms with E-state index in [0.29, 0.717) is 17.1 Å². The van der Waals surface area contributed by atoms with Crippen LogP contribution in [0.15, 0.2) is 109 Å². The first-order valence-electron chi connectivity index (χ1n) is 10.1. The fourth-order valence-corrected chi connectivity index (χ4v) is 5.01. The molecular weight excluding hydrogens is 423 g/mol. The maximum atomic E-state index is 14.4. The molecular formula is C25H23N2O4P. The van der Waals surface area contributed by atoms with Crippen molar-refractivity contribution in [1.29, 1.82) is 0 Å². The number of benzene rings is 3. The van der Waals surface area contributed by atoms with E-state index in [1.807, 2.05) is 66.7 Å². The molecule has 0 aliphatic carbocycles. The van der Waals surface area contributed by atoms with E-state index in [1.54, 1.807) is 49.8 Å². The molecule has 0 aliphatic heterocycles. The Morgan fingerprint density at radius 1 is 0.750 bits per heavy atom. The van der Waals surface area contributed by atoms with E-state index >= 15 is 0 Å². The standard InChI is InChI=1S/C25H23N2O4P/c1-29-22-16-14-21(15-17-22)27-25(20-9-8-18-26-19-20)32(28,30-23-10-4-2-5-11-23)31-24-12-6-3-7-13-24/h2-19,25,27H,1H3. The minimum absolute atomic E-state index is 0.442. The van der Waals surface area contributed by atoms with Crippen molar-refractivity contribution in [2.75, 3.05) is 12.4 Å². The van der Waals surface area contributed by atoms with Crippen molar-refractivity contribution in [3.8, 4) is 17.2 Å². The second kappa shape index (κ2) is 10.0. The summed E-state index contributed by atoms with van der Waals surface area (Å²) in [5, 5.41) is 3.32. The summed E-state index contributed by atoms with van der Waals surface area (Å²) >= 11 is 0. The maximum absolute atomic E-state index is 14.4. The first kappa shape index (κ1) is 21.5. The lowest BCUT2D eigenvalue weighted by Gasteiger charge is -2.29. The fraction of sp³-hybridized carbons (Fsp3) is 0.0800. The molecule has 7 heteroatoms. The molecule has 4 aromatic rings. The summed E-state index contributed by atoms with van der Waals surface area (Å²) < 4.78 is 31.8. The number of hydrogen-bond donors (Lipinski definition) is 1. The van der Waals surface area contributed by atoms with Crippen molar-refractivity contribution in [3.63, 3.8) is 0 Å². The summed E-state index contributed by atoms with van der Waals surface area (Å²) in [6.45, 7) is 0. The van der Waals surface area contributed by atoms with Gasteiger partial charge in [-0.25, -0.2) is 4.57 Å². The molecule has 4 rings (SSSR count). The summed E-state index contributed by atoms with van der Waals surface area (Å²) in [6, 6.07) is 28.9. The van der Waals surface area contributed by atoms with Gasteiger partial charge in [-0.2, -0.15) is 0 Å². The number of nitrogens with one attached hydrogen (secondary N) is 1. The quantitative estimate of drug-likeness (QED) is 0.294. The summed E-state index contributed by atoms with van der Waals surface area (Å²) in [4.78, 5) is 4.21. The first-order chi connectivity index (χ1) is 15.7. The lowest BCUT2D eigenvalue weighted by atomic mass is 10.2. The van der Waals surface area contributed by atoms with Gasteiger partial charge in [-0.3, -0.25) is 4.98 Å². The zero-order valence-corrected chi connectivity index (χ0v) is 18.4. The molecule has 32 heavy (non-hydrogen) atoms. The zero-order chi connectivity index (χ0) is 22.2. The Labute approximate surface area is 187 Å². The molecule has 1 N–H and O–H groups in total. The third-order valence-electron chi connectivity index (χ3n) is 4.66. The Kier molecular flexibility index (Phi) is 6.73. The highest BCUT2D eigenvalue weighted by molar-refractivity contribution is 7.55. The number of pyridine rings is 1.